The van der Waals surface area contributed by atoms with Gasteiger partial charge >= 0.3 is 0 Å². The van der Waals surface area contributed by atoms with Crippen LogP contribution in [0.1, 0.15) is 43.0 Å². The van der Waals surface area contributed by atoms with Crippen molar-refractivity contribution in [2.75, 3.05) is 26.2 Å². The van der Waals surface area contributed by atoms with Crippen LogP contribution in [0.4, 0.5) is 0 Å². The zero-order valence-electron chi connectivity index (χ0n) is 15.0. The van der Waals surface area contributed by atoms with Crippen LogP contribution in [-0.2, 0) is 14.8 Å². The fourth-order valence-corrected chi connectivity index (χ4v) is 4.99. The number of carbonyl (C=O) groups is 2. The number of rotatable bonds is 4. The molecule has 1 unspecified atom stereocenters. The van der Waals surface area contributed by atoms with E-state index in [1.807, 2.05) is 4.90 Å². The molecule has 7 nitrogen and oxygen atoms in total. The molecule has 26 heavy (non-hydrogen) atoms. The van der Waals surface area contributed by atoms with E-state index in [4.69, 9.17) is 0 Å². The van der Waals surface area contributed by atoms with Gasteiger partial charge in [-0.3, -0.25) is 9.59 Å². The molecule has 1 aromatic rings. The van der Waals surface area contributed by atoms with E-state index in [1.165, 1.54) is 16.4 Å². The van der Waals surface area contributed by atoms with E-state index in [2.05, 4.69) is 12.2 Å². The van der Waals surface area contributed by atoms with Gasteiger partial charge in [0.25, 0.3) is 5.91 Å². The number of piperazine rings is 1. The molecule has 1 aromatic carbocycles. The van der Waals surface area contributed by atoms with E-state index in [-0.39, 0.29) is 35.8 Å². The first kappa shape index (κ1) is 18.8. The number of benzene rings is 1. The van der Waals surface area contributed by atoms with Crippen molar-refractivity contribution in [3.8, 4) is 0 Å². The first-order valence-corrected chi connectivity index (χ1v) is 10.6. The molecule has 0 bridgehead atoms. The van der Waals surface area contributed by atoms with Gasteiger partial charge in [0.2, 0.25) is 15.9 Å². The third kappa shape index (κ3) is 3.76. The summed E-state index contributed by atoms with van der Waals surface area (Å²) in [5.74, 6) is -0.347. The highest BCUT2D eigenvalue weighted by molar-refractivity contribution is 7.89. The quantitative estimate of drug-likeness (QED) is 0.852. The number of nitrogens with one attached hydrogen (secondary N) is 1. The Morgan fingerprint density at radius 3 is 2.58 bits per heavy atom. The van der Waals surface area contributed by atoms with Crippen LogP contribution in [0.25, 0.3) is 0 Å². The van der Waals surface area contributed by atoms with Gasteiger partial charge in [-0.15, -0.1) is 0 Å². The largest absolute Gasteiger partial charge is 0.354 e. The third-order valence-electron chi connectivity index (χ3n) is 5.10. The molecule has 2 amide bonds. The minimum absolute atomic E-state index is 0.0437. The van der Waals surface area contributed by atoms with Gasteiger partial charge < -0.3 is 10.2 Å². The summed E-state index contributed by atoms with van der Waals surface area (Å²) in [6.07, 6.45) is 4.09. The van der Waals surface area contributed by atoms with Crippen LogP contribution in [0.5, 0.6) is 0 Å². The van der Waals surface area contributed by atoms with Crippen LogP contribution in [-0.4, -0.2) is 61.7 Å². The van der Waals surface area contributed by atoms with E-state index in [0.717, 1.165) is 32.2 Å². The minimum Gasteiger partial charge on any atom is -0.354 e. The summed E-state index contributed by atoms with van der Waals surface area (Å²) < 4.78 is 26.5. The Morgan fingerprint density at radius 1 is 1.19 bits per heavy atom. The van der Waals surface area contributed by atoms with Crippen molar-refractivity contribution in [3.05, 3.63) is 29.8 Å². The Morgan fingerprint density at radius 2 is 1.92 bits per heavy atom. The zero-order chi connectivity index (χ0) is 18.7. The number of hydrogen-bond donors (Lipinski definition) is 1. The van der Waals surface area contributed by atoms with Gasteiger partial charge in [-0.2, -0.15) is 4.31 Å². The average molecular weight is 379 g/mol. The van der Waals surface area contributed by atoms with Gasteiger partial charge in [-0.25, -0.2) is 8.42 Å². The van der Waals surface area contributed by atoms with Crippen LogP contribution in [0.3, 0.4) is 0 Å². The molecule has 0 aliphatic carbocycles. The summed E-state index contributed by atoms with van der Waals surface area (Å²) in [6, 6.07) is 6.31. The predicted molar refractivity (Wildman–Crippen MR) is 97.2 cm³/mol. The van der Waals surface area contributed by atoms with E-state index in [0.29, 0.717) is 12.1 Å². The molecule has 1 atom stereocenters. The van der Waals surface area contributed by atoms with Crippen molar-refractivity contribution >= 4 is 21.8 Å². The highest BCUT2D eigenvalue weighted by Crippen LogP contribution is 2.23. The lowest BCUT2D eigenvalue weighted by Gasteiger charge is -2.35. The van der Waals surface area contributed by atoms with Gasteiger partial charge in [0, 0.05) is 31.2 Å². The molecule has 2 aliphatic rings. The van der Waals surface area contributed by atoms with E-state index in [9.17, 15) is 18.0 Å². The molecule has 8 heteroatoms. The lowest BCUT2D eigenvalue weighted by molar-refractivity contribution is -0.122. The molecule has 0 saturated carbocycles. The summed E-state index contributed by atoms with van der Waals surface area (Å²) in [4.78, 5) is 26.3. The first-order chi connectivity index (χ1) is 12.4. The Bertz CT molecular complexity index is 776. The maximum absolute atomic E-state index is 12.8. The van der Waals surface area contributed by atoms with Crippen molar-refractivity contribution in [3.63, 3.8) is 0 Å². The molecule has 1 N–H and O–H groups in total. The lowest BCUT2D eigenvalue weighted by atomic mass is 9.99. The Hall–Kier alpha value is -1.93. The summed E-state index contributed by atoms with van der Waals surface area (Å²) in [6.45, 7) is 3.22. The van der Waals surface area contributed by atoms with Crippen molar-refractivity contribution in [1.82, 2.24) is 14.5 Å². The van der Waals surface area contributed by atoms with E-state index < -0.39 is 10.0 Å². The standard InChI is InChI=1S/C18H25N3O4S/c1-2-15-5-3-4-11-21(15)18(23)14-6-8-16(9-7-14)26(24,25)20-12-10-19-17(22)13-20/h6-9,15H,2-5,10-13H2,1H3,(H,19,22). The number of sulfonamides is 1. The summed E-state index contributed by atoms with van der Waals surface area (Å²) in [5, 5.41) is 2.61. The highest BCUT2D eigenvalue weighted by Gasteiger charge is 2.30. The number of amides is 2. The molecule has 0 aromatic heterocycles. The molecule has 0 spiro atoms. The van der Waals surface area contributed by atoms with Crippen LogP contribution >= 0.6 is 0 Å². The summed E-state index contributed by atoms with van der Waals surface area (Å²) in [7, 11) is -3.73. The lowest BCUT2D eigenvalue weighted by Crippen LogP contribution is -2.49. The monoisotopic (exact) mass is 379 g/mol. The minimum atomic E-state index is -3.73. The van der Waals surface area contributed by atoms with E-state index in [1.54, 1.807) is 12.1 Å². The number of likely N-dealkylation sites (tertiary alicyclic amines) is 1. The van der Waals surface area contributed by atoms with Gasteiger partial charge in [0.1, 0.15) is 0 Å². The van der Waals surface area contributed by atoms with Crippen molar-refractivity contribution < 1.29 is 18.0 Å². The topological polar surface area (TPSA) is 86.8 Å². The van der Waals surface area contributed by atoms with Gasteiger partial charge in [-0.1, -0.05) is 6.92 Å². The molecule has 2 saturated heterocycles. The Kier molecular flexibility index (Phi) is 5.62. The second-order valence-corrected chi connectivity index (χ2v) is 8.71. The van der Waals surface area contributed by atoms with Crippen molar-refractivity contribution in [1.29, 1.82) is 0 Å². The molecule has 2 aliphatic heterocycles. The first-order valence-electron chi connectivity index (χ1n) is 9.11. The van der Waals surface area contributed by atoms with Crippen molar-refractivity contribution in [2.45, 2.75) is 43.5 Å². The second-order valence-electron chi connectivity index (χ2n) is 6.77. The van der Waals surface area contributed by atoms with Crippen LogP contribution < -0.4 is 5.32 Å². The fraction of sp³-hybridized carbons (Fsp3) is 0.556. The SMILES string of the molecule is CCC1CCCCN1C(=O)c1ccc(S(=O)(=O)N2CCNC(=O)C2)cc1. The second kappa shape index (κ2) is 7.75. The normalized spacial score (nSPS) is 22.1. The maximum atomic E-state index is 12.8. The van der Waals surface area contributed by atoms with Gasteiger partial charge in [0.15, 0.2) is 0 Å². The molecule has 142 valence electrons. The zero-order valence-corrected chi connectivity index (χ0v) is 15.8. The number of carbonyl (C=O) groups excluding carboxylic acids is 2. The molecule has 0 radical (unpaired) electrons. The smallest absolute Gasteiger partial charge is 0.254 e. The van der Waals surface area contributed by atoms with Gasteiger partial charge in [0.05, 0.1) is 11.4 Å². The third-order valence-corrected chi connectivity index (χ3v) is 6.96. The fourth-order valence-electron chi connectivity index (χ4n) is 3.60. The molecule has 3 rings (SSSR count). The summed E-state index contributed by atoms with van der Waals surface area (Å²) in [5.41, 5.74) is 0.501. The molecule has 2 heterocycles. The van der Waals surface area contributed by atoms with Gasteiger partial charge in [-0.05, 0) is 49.9 Å². The number of piperidine rings is 1. The van der Waals surface area contributed by atoms with Crippen LogP contribution in [0.2, 0.25) is 0 Å². The van der Waals surface area contributed by atoms with Crippen LogP contribution in [0.15, 0.2) is 29.2 Å². The van der Waals surface area contributed by atoms with Crippen LogP contribution in [0, 0.1) is 0 Å². The molecule has 2 fully saturated rings. The molecular weight excluding hydrogens is 354 g/mol. The Labute approximate surface area is 154 Å². The predicted octanol–water partition coefficient (Wildman–Crippen LogP) is 1.21. The van der Waals surface area contributed by atoms with E-state index >= 15 is 0 Å². The average Bonchev–Trinajstić information content (AvgIpc) is 2.67. The van der Waals surface area contributed by atoms with Crippen molar-refractivity contribution in [2.24, 2.45) is 0 Å². The Balaban J connectivity index is 1.77. The maximum Gasteiger partial charge on any atom is 0.254 e. The summed E-state index contributed by atoms with van der Waals surface area (Å²) >= 11 is 0. The number of nitrogens with zero attached hydrogens (tertiary/aromatic N) is 2. The molecular formula is C18H25N3O4S. The highest BCUT2D eigenvalue weighted by atomic mass is 32.2. The number of hydrogen-bond acceptors (Lipinski definition) is 4.